The Balaban J connectivity index is 1.98. The van der Waals surface area contributed by atoms with Crippen molar-refractivity contribution in [3.05, 3.63) is 47.5 Å². The lowest BCUT2D eigenvalue weighted by Crippen LogP contribution is -2.51. The molecule has 0 fully saturated rings. The summed E-state index contributed by atoms with van der Waals surface area (Å²) in [7, 11) is 1.23. The quantitative estimate of drug-likeness (QED) is 0.651. The average Bonchev–Trinajstić information content (AvgIpc) is 3.20. The highest BCUT2D eigenvalue weighted by Gasteiger charge is 2.39. The molecule has 0 bridgehead atoms. The summed E-state index contributed by atoms with van der Waals surface area (Å²) in [5.74, 6) is -0.928. The van der Waals surface area contributed by atoms with Gasteiger partial charge in [-0.1, -0.05) is 32.0 Å². The molecule has 11 heteroatoms. The number of ether oxygens (including phenoxy) is 2. The maximum atomic E-state index is 13.2. The number of fused-ring (bicyclic) bond motifs is 1. The van der Waals surface area contributed by atoms with Gasteiger partial charge < -0.3 is 24.7 Å². The number of methoxy groups -OCH3 is 1. The Kier molecular flexibility index (Phi) is 6.95. The van der Waals surface area contributed by atoms with E-state index in [1.54, 1.807) is 6.07 Å². The summed E-state index contributed by atoms with van der Waals surface area (Å²) in [6, 6.07) is 3.18. The van der Waals surface area contributed by atoms with Crippen LogP contribution in [0.5, 0.6) is 5.75 Å². The Labute approximate surface area is 183 Å². The second-order valence-electron chi connectivity index (χ2n) is 7.85. The zero-order chi connectivity index (χ0) is 23.5. The first kappa shape index (κ1) is 23.4. The molecule has 0 aliphatic carbocycles. The summed E-state index contributed by atoms with van der Waals surface area (Å²) < 4.78 is 48.1. The van der Waals surface area contributed by atoms with Gasteiger partial charge in [0.05, 0.1) is 19.1 Å². The number of para-hydroxylation sites is 1. The van der Waals surface area contributed by atoms with Crippen molar-refractivity contribution in [2.45, 2.75) is 45.1 Å². The standard InChI is InChI=1S/C21H25F3N4O4/c1-12(2)10-15(19(29)31-3)27-20(30)28-9-8-14-17(26-11-25-14)18(28)13-6-4-5-7-16(13)32-21(22,23)24/h4-7,11-12,15,18H,8-10H2,1-3H3,(H,25,26)(H,27,30). The van der Waals surface area contributed by atoms with Crippen molar-refractivity contribution >= 4 is 12.0 Å². The van der Waals surface area contributed by atoms with Crippen LogP contribution < -0.4 is 10.1 Å². The third kappa shape index (κ3) is 5.32. The van der Waals surface area contributed by atoms with E-state index in [0.29, 0.717) is 24.2 Å². The number of urea groups is 1. The van der Waals surface area contributed by atoms with Gasteiger partial charge in [-0.15, -0.1) is 13.2 Å². The van der Waals surface area contributed by atoms with Gasteiger partial charge in [-0.25, -0.2) is 14.6 Å². The number of alkyl halides is 3. The number of carbonyl (C=O) groups is 2. The Morgan fingerprint density at radius 2 is 2.03 bits per heavy atom. The summed E-state index contributed by atoms with van der Waals surface area (Å²) in [6.07, 6.45) is -2.70. The number of nitrogens with zero attached hydrogens (tertiary/aromatic N) is 2. The molecular formula is C21H25F3N4O4. The van der Waals surface area contributed by atoms with Crippen LogP contribution in [-0.4, -0.2) is 52.9 Å². The Hall–Kier alpha value is -3.24. The average molecular weight is 454 g/mol. The molecule has 3 rings (SSSR count). The number of carbonyl (C=O) groups excluding carboxylic acids is 2. The van der Waals surface area contributed by atoms with Crippen LogP contribution in [0.4, 0.5) is 18.0 Å². The monoisotopic (exact) mass is 454 g/mol. The molecule has 0 saturated heterocycles. The molecule has 1 aliphatic heterocycles. The fraction of sp³-hybridized carbons (Fsp3) is 0.476. The molecule has 2 unspecified atom stereocenters. The van der Waals surface area contributed by atoms with Crippen molar-refractivity contribution in [2.24, 2.45) is 5.92 Å². The second-order valence-corrected chi connectivity index (χ2v) is 7.85. The van der Waals surface area contributed by atoms with Gasteiger partial charge in [-0.05, 0) is 18.4 Å². The number of benzene rings is 1. The second kappa shape index (κ2) is 9.49. The van der Waals surface area contributed by atoms with Crippen molar-refractivity contribution < 1.29 is 32.2 Å². The zero-order valence-corrected chi connectivity index (χ0v) is 17.9. The molecule has 1 aliphatic rings. The van der Waals surface area contributed by atoms with Crippen molar-refractivity contribution in [2.75, 3.05) is 13.7 Å². The van der Waals surface area contributed by atoms with Crippen LogP contribution >= 0.6 is 0 Å². The SMILES string of the molecule is COC(=O)C(CC(C)C)NC(=O)N1CCc2[nH]cnc2C1c1ccccc1OC(F)(F)F. The molecule has 2 atom stereocenters. The normalized spacial score (nSPS) is 17.0. The number of esters is 1. The minimum atomic E-state index is -4.90. The van der Waals surface area contributed by atoms with E-state index in [-0.39, 0.29) is 18.0 Å². The minimum absolute atomic E-state index is 0.0930. The molecule has 1 aromatic carbocycles. The Bertz CT molecular complexity index is 961. The number of amides is 2. The minimum Gasteiger partial charge on any atom is -0.467 e. The van der Waals surface area contributed by atoms with E-state index in [1.165, 1.54) is 36.5 Å². The number of aromatic amines is 1. The van der Waals surface area contributed by atoms with E-state index in [1.807, 2.05) is 13.8 Å². The van der Waals surface area contributed by atoms with Crippen LogP contribution in [0, 0.1) is 5.92 Å². The number of hydrogen-bond acceptors (Lipinski definition) is 5. The fourth-order valence-electron chi connectivity index (χ4n) is 3.79. The molecule has 0 spiro atoms. The number of rotatable bonds is 6. The highest BCUT2D eigenvalue weighted by Crippen LogP contribution is 2.39. The lowest BCUT2D eigenvalue weighted by Gasteiger charge is -2.36. The third-order valence-corrected chi connectivity index (χ3v) is 5.12. The molecule has 174 valence electrons. The predicted molar refractivity (Wildman–Crippen MR) is 108 cm³/mol. The Morgan fingerprint density at radius 1 is 1.31 bits per heavy atom. The molecular weight excluding hydrogens is 429 g/mol. The van der Waals surface area contributed by atoms with Gasteiger partial charge in [0, 0.05) is 24.2 Å². The lowest BCUT2D eigenvalue weighted by molar-refractivity contribution is -0.275. The maximum absolute atomic E-state index is 13.2. The lowest BCUT2D eigenvalue weighted by atomic mass is 9.95. The van der Waals surface area contributed by atoms with Crippen LogP contribution in [0.1, 0.15) is 43.3 Å². The maximum Gasteiger partial charge on any atom is 0.573 e. The van der Waals surface area contributed by atoms with Gasteiger partial charge in [0.1, 0.15) is 17.8 Å². The highest BCUT2D eigenvalue weighted by molar-refractivity contribution is 5.84. The summed E-state index contributed by atoms with van der Waals surface area (Å²) >= 11 is 0. The van der Waals surface area contributed by atoms with Crippen LogP contribution in [0.2, 0.25) is 0 Å². The van der Waals surface area contributed by atoms with Crippen molar-refractivity contribution in [1.82, 2.24) is 20.2 Å². The smallest absolute Gasteiger partial charge is 0.467 e. The number of imidazole rings is 1. The van der Waals surface area contributed by atoms with Gasteiger partial charge in [0.15, 0.2) is 0 Å². The Morgan fingerprint density at radius 3 is 2.69 bits per heavy atom. The van der Waals surface area contributed by atoms with Gasteiger partial charge in [0.2, 0.25) is 0 Å². The molecule has 2 amide bonds. The zero-order valence-electron chi connectivity index (χ0n) is 17.9. The van der Waals surface area contributed by atoms with E-state index in [0.717, 1.165) is 0 Å². The summed E-state index contributed by atoms with van der Waals surface area (Å²) in [4.78, 5) is 34.0. The fourth-order valence-corrected chi connectivity index (χ4v) is 3.79. The molecule has 2 heterocycles. The van der Waals surface area contributed by atoms with Crippen LogP contribution in [0.15, 0.2) is 30.6 Å². The number of hydrogen-bond donors (Lipinski definition) is 2. The first-order chi connectivity index (χ1) is 15.1. The van der Waals surface area contributed by atoms with Crippen LogP contribution in [-0.2, 0) is 16.0 Å². The molecule has 2 N–H and O–H groups in total. The first-order valence-electron chi connectivity index (χ1n) is 10.1. The number of H-pyrrole nitrogens is 1. The van der Waals surface area contributed by atoms with E-state index in [9.17, 15) is 22.8 Å². The first-order valence-corrected chi connectivity index (χ1v) is 10.1. The summed E-state index contributed by atoms with van der Waals surface area (Å²) in [5.41, 5.74) is 1.27. The molecule has 1 aromatic heterocycles. The molecule has 0 saturated carbocycles. The summed E-state index contributed by atoms with van der Waals surface area (Å²) in [5, 5.41) is 2.67. The highest BCUT2D eigenvalue weighted by atomic mass is 19.4. The van der Waals surface area contributed by atoms with E-state index >= 15 is 0 Å². The molecule has 0 radical (unpaired) electrons. The van der Waals surface area contributed by atoms with Crippen LogP contribution in [0.25, 0.3) is 0 Å². The van der Waals surface area contributed by atoms with Gasteiger partial charge >= 0.3 is 18.4 Å². The topological polar surface area (TPSA) is 96.6 Å². The van der Waals surface area contributed by atoms with Gasteiger partial charge in [0.25, 0.3) is 0 Å². The van der Waals surface area contributed by atoms with E-state index < -0.39 is 36.2 Å². The number of aromatic nitrogens is 2. The van der Waals surface area contributed by atoms with Crippen molar-refractivity contribution in [3.8, 4) is 5.75 Å². The summed E-state index contributed by atoms with van der Waals surface area (Å²) in [6.45, 7) is 3.99. The van der Waals surface area contributed by atoms with Crippen LogP contribution in [0.3, 0.4) is 0 Å². The number of nitrogens with one attached hydrogen (secondary N) is 2. The molecule has 8 nitrogen and oxygen atoms in total. The number of halogens is 3. The van der Waals surface area contributed by atoms with E-state index in [4.69, 9.17) is 4.74 Å². The predicted octanol–water partition coefficient (Wildman–Crippen LogP) is 3.55. The molecule has 32 heavy (non-hydrogen) atoms. The van der Waals surface area contributed by atoms with Crippen molar-refractivity contribution in [1.29, 1.82) is 0 Å². The van der Waals surface area contributed by atoms with Gasteiger partial charge in [-0.2, -0.15) is 0 Å². The van der Waals surface area contributed by atoms with E-state index in [2.05, 4.69) is 20.0 Å². The molecule has 2 aromatic rings. The van der Waals surface area contributed by atoms with Gasteiger partial charge in [-0.3, -0.25) is 0 Å². The van der Waals surface area contributed by atoms with Crippen molar-refractivity contribution in [3.63, 3.8) is 0 Å². The largest absolute Gasteiger partial charge is 0.573 e. The third-order valence-electron chi connectivity index (χ3n) is 5.12.